The number of benzene rings is 1. The number of methoxy groups -OCH3 is 1. The van der Waals surface area contributed by atoms with Gasteiger partial charge in [0.2, 0.25) is 10.0 Å². The normalized spacial score (nSPS) is 11.6. The summed E-state index contributed by atoms with van der Waals surface area (Å²) in [6.07, 6.45) is 0.0264. The quantitative estimate of drug-likeness (QED) is 0.742. The molecule has 1 rings (SSSR count). The third-order valence-electron chi connectivity index (χ3n) is 2.53. The van der Waals surface area contributed by atoms with Crippen LogP contribution in [0.2, 0.25) is 0 Å². The van der Waals surface area contributed by atoms with Gasteiger partial charge in [0.15, 0.2) is 0 Å². The minimum Gasteiger partial charge on any atom is -0.383 e. The molecule has 1 aromatic rings. The van der Waals surface area contributed by atoms with Gasteiger partial charge in [-0.1, -0.05) is 15.9 Å². The summed E-state index contributed by atoms with van der Waals surface area (Å²) < 4.78 is 44.9. The van der Waals surface area contributed by atoms with Crippen LogP contribution in [0.1, 0.15) is 6.42 Å². The van der Waals surface area contributed by atoms with Crippen molar-refractivity contribution in [1.29, 1.82) is 5.26 Å². The summed E-state index contributed by atoms with van der Waals surface area (Å²) in [6, 6.07) is 5.58. The molecule has 0 aromatic heterocycles. The van der Waals surface area contributed by atoms with Crippen molar-refractivity contribution in [3.63, 3.8) is 0 Å². The maximum absolute atomic E-state index is 13.7. The molecule has 0 aliphatic carbocycles. The van der Waals surface area contributed by atoms with Gasteiger partial charge < -0.3 is 4.74 Å². The summed E-state index contributed by atoms with van der Waals surface area (Å²) in [4.78, 5) is -0.416. The van der Waals surface area contributed by atoms with E-state index in [9.17, 15) is 12.8 Å². The van der Waals surface area contributed by atoms with Crippen molar-refractivity contribution in [2.75, 3.05) is 26.8 Å². The molecule has 20 heavy (non-hydrogen) atoms. The van der Waals surface area contributed by atoms with Crippen molar-refractivity contribution in [3.8, 4) is 6.07 Å². The van der Waals surface area contributed by atoms with Crippen LogP contribution in [0.5, 0.6) is 0 Å². The van der Waals surface area contributed by atoms with Gasteiger partial charge in [-0.25, -0.2) is 12.8 Å². The molecule has 0 radical (unpaired) electrons. The molecule has 0 fully saturated rings. The van der Waals surface area contributed by atoms with E-state index in [1.54, 1.807) is 0 Å². The molecule has 0 amide bonds. The number of hydrogen-bond acceptors (Lipinski definition) is 4. The van der Waals surface area contributed by atoms with Crippen LogP contribution in [0.4, 0.5) is 4.39 Å². The second kappa shape index (κ2) is 7.69. The van der Waals surface area contributed by atoms with Crippen LogP contribution < -0.4 is 0 Å². The van der Waals surface area contributed by atoms with E-state index in [4.69, 9.17) is 10.00 Å². The third-order valence-corrected chi connectivity index (χ3v) is 4.94. The Bertz CT molecular complexity index is 601. The number of nitrogens with zero attached hydrogens (tertiary/aromatic N) is 2. The fourth-order valence-electron chi connectivity index (χ4n) is 1.53. The van der Waals surface area contributed by atoms with Crippen molar-refractivity contribution < 1.29 is 17.5 Å². The van der Waals surface area contributed by atoms with Gasteiger partial charge in [0.1, 0.15) is 10.7 Å². The van der Waals surface area contributed by atoms with Crippen LogP contribution in [-0.4, -0.2) is 39.5 Å². The van der Waals surface area contributed by atoms with Gasteiger partial charge in [-0.3, -0.25) is 0 Å². The number of nitriles is 1. The first-order valence-corrected chi connectivity index (χ1v) is 7.98. The summed E-state index contributed by atoms with van der Waals surface area (Å²) in [5.41, 5.74) is 0. The molecule has 5 nitrogen and oxygen atoms in total. The number of halogens is 2. The molecule has 0 bridgehead atoms. The van der Waals surface area contributed by atoms with E-state index in [0.29, 0.717) is 4.47 Å². The Morgan fingerprint density at radius 3 is 2.75 bits per heavy atom. The predicted molar refractivity (Wildman–Crippen MR) is 75.0 cm³/mol. The Morgan fingerprint density at radius 2 is 2.15 bits per heavy atom. The van der Waals surface area contributed by atoms with Gasteiger partial charge in [-0.2, -0.15) is 9.57 Å². The molecule has 0 heterocycles. The molecular weight excluding hydrogens is 351 g/mol. The first-order valence-electron chi connectivity index (χ1n) is 5.74. The molecular formula is C12H14BrFN2O3S. The summed E-state index contributed by atoms with van der Waals surface area (Å²) in [5, 5.41) is 8.59. The van der Waals surface area contributed by atoms with E-state index in [2.05, 4.69) is 15.9 Å². The Kier molecular flexibility index (Phi) is 6.55. The molecule has 1 aromatic carbocycles. The third kappa shape index (κ3) is 4.24. The van der Waals surface area contributed by atoms with Crippen molar-refractivity contribution in [1.82, 2.24) is 4.31 Å². The van der Waals surface area contributed by atoms with Crippen LogP contribution in [-0.2, 0) is 14.8 Å². The molecule has 0 saturated heterocycles. The first kappa shape index (κ1) is 17.0. The zero-order valence-electron chi connectivity index (χ0n) is 10.8. The zero-order chi connectivity index (χ0) is 15.2. The van der Waals surface area contributed by atoms with E-state index in [1.807, 2.05) is 6.07 Å². The van der Waals surface area contributed by atoms with E-state index in [0.717, 1.165) is 10.4 Å². The van der Waals surface area contributed by atoms with Gasteiger partial charge in [0.25, 0.3) is 0 Å². The average Bonchev–Trinajstić information content (AvgIpc) is 2.41. The maximum atomic E-state index is 13.7. The lowest BCUT2D eigenvalue weighted by Gasteiger charge is -2.21. The number of hydrogen-bond donors (Lipinski definition) is 0. The highest BCUT2D eigenvalue weighted by molar-refractivity contribution is 9.10. The van der Waals surface area contributed by atoms with Crippen LogP contribution >= 0.6 is 15.9 Å². The molecule has 110 valence electrons. The average molecular weight is 365 g/mol. The van der Waals surface area contributed by atoms with Crippen molar-refractivity contribution in [2.24, 2.45) is 0 Å². The van der Waals surface area contributed by atoms with Gasteiger partial charge in [0, 0.05) is 31.1 Å². The van der Waals surface area contributed by atoms with E-state index in [-0.39, 0.29) is 26.1 Å². The van der Waals surface area contributed by atoms with Crippen molar-refractivity contribution in [2.45, 2.75) is 11.3 Å². The Morgan fingerprint density at radius 1 is 1.45 bits per heavy atom. The second-order valence-corrected chi connectivity index (χ2v) is 6.70. The summed E-state index contributed by atoms with van der Waals surface area (Å²) in [6.45, 7) is 0.223. The summed E-state index contributed by atoms with van der Waals surface area (Å²) >= 11 is 3.12. The molecule has 0 N–H and O–H groups in total. The van der Waals surface area contributed by atoms with E-state index < -0.39 is 20.7 Å². The number of rotatable bonds is 7. The largest absolute Gasteiger partial charge is 0.383 e. The lowest BCUT2D eigenvalue weighted by molar-refractivity contribution is 0.179. The van der Waals surface area contributed by atoms with Gasteiger partial charge in [0.05, 0.1) is 12.7 Å². The Hall–Kier alpha value is -1.01. The topological polar surface area (TPSA) is 70.4 Å². The fourth-order valence-corrected chi connectivity index (χ4v) is 3.56. The van der Waals surface area contributed by atoms with E-state index in [1.165, 1.54) is 19.2 Å². The minimum atomic E-state index is -4.00. The SMILES string of the molecule is COCCN(CCC#N)S(=O)(=O)c1cc(Br)ccc1F. The molecule has 0 saturated carbocycles. The molecule has 8 heteroatoms. The highest BCUT2D eigenvalue weighted by atomic mass is 79.9. The zero-order valence-corrected chi connectivity index (χ0v) is 13.2. The molecule has 0 spiro atoms. The second-order valence-electron chi connectivity index (χ2n) is 3.88. The van der Waals surface area contributed by atoms with Crippen LogP contribution in [0.25, 0.3) is 0 Å². The Labute approximate surface area is 126 Å². The van der Waals surface area contributed by atoms with Crippen molar-refractivity contribution in [3.05, 3.63) is 28.5 Å². The van der Waals surface area contributed by atoms with Gasteiger partial charge >= 0.3 is 0 Å². The lowest BCUT2D eigenvalue weighted by Crippen LogP contribution is -2.35. The smallest absolute Gasteiger partial charge is 0.246 e. The Balaban J connectivity index is 3.14. The van der Waals surface area contributed by atoms with E-state index >= 15 is 0 Å². The highest BCUT2D eigenvalue weighted by Crippen LogP contribution is 2.23. The number of ether oxygens (including phenoxy) is 1. The first-order chi connectivity index (χ1) is 9.43. The lowest BCUT2D eigenvalue weighted by atomic mass is 10.3. The number of sulfonamides is 1. The molecule has 0 aliphatic rings. The van der Waals surface area contributed by atoms with Gasteiger partial charge in [-0.15, -0.1) is 0 Å². The van der Waals surface area contributed by atoms with Crippen LogP contribution in [0, 0.1) is 17.1 Å². The monoisotopic (exact) mass is 364 g/mol. The standard InChI is InChI=1S/C12H14BrFN2O3S/c1-19-8-7-16(6-2-5-15)20(17,18)12-9-10(13)3-4-11(12)14/h3-4,9H,2,6-8H2,1H3. The summed E-state index contributed by atoms with van der Waals surface area (Å²) in [7, 11) is -2.56. The van der Waals surface area contributed by atoms with Gasteiger partial charge in [-0.05, 0) is 18.2 Å². The van der Waals surface area contributed by atoms with Crippen LogP contribution in [0.15, 0.2) is 27.6 Å². The predicted octanol–water partition coefficient (Wildman–Crippen LogP) is 2.14. The minimum absolute atomic E-state index is 0.00581. The van der Waals surface area contributed by atoms with Crippen LogP contribution in [0.3, 0.4) is 0 Å². The highest BCUT2D eigenvalue weighted by Gasteiger charge is 2.27. The molecule has 0 unspecified atom stereocenters. The maximum Gasteiger partial charge on any atom is 0.246 e. The summed E-state index contributed by atoms with van der Waals surface area (Å²) in [5.74, 6) is -0.826. The fraction of sp³-hybridized carbons (Fsp3) is 0.417. The molecule has 0 aliphatic heterocycles. The molecule has 0 atom stereocenters. The van der Waals surface area contributed by atoms with Crippen molar-refractivity contribution >= 4 is 26.0 Å².